The minimum Gasteiger partial charge on any atom is -0.870 e. The molecule has 0 atom stereocenters. The van der Waals surface area contributed by atoms with E-state index in [0.717, 1.165) is 0 Å². The monoisotopic (exact) mass is 194 g/mol. The molecule has 0 aromatic heterocycles. The molecule has 0 saturated heterocycles. The average Bonchev–Trinajstić information content (AvgIpc) is 1.77. The number of phenols is 1. The fraction of sp³-hybridized carbons (Fsp3) is 0. The molecule has 1 N–H and O–H groups in total. The molecular weight excluding hydrogens is 190 g/mol. The molecular formula is C6H5O2Rb. The van der Waals surface area contributed by atoms with E-state index in [1.165, 1.54) is 12.1 Å². The molecule has 0 unspecified atom stereocenters. The van der Waals surface area contributed by atoms with Gasteiger partial charge in [-0.05, 0) is 6.07 Å². The normalized spacial score (nSPS) is 8.00. The Morgan fingerprint density at radius 2 is 1.78 bits per heavy atom. The fourth-order valence-corrected chi connectivity index (χ4v) is 0.457. The molecule has 0 bridgehead atoms. The fourth-order valence-electron chi connectivity index (χ4n) is 0.457. The standard InChI is InChI=1S/C6H6O2.Rb/c7-5-3-1-2-4-6(5)8;/h1-4,7-8H;/q;+1/p-1. The van der Waals surface area contributed by atoms with Crippen molar-refractivity contribution >= 4 is 0 Å². The molecule has 3 heteroatoms. The van der Waals surface area contributed by atoms with Gasteiger partial charge in [-0.3, -0.25) is 0 Å². The molecule has 1 aromatic carbocycles. The summed E-state index contributed by atoms with van der Waals surface area (Å²) in [6, 6.07) is 5.87. The molecule has 0 fully saturated rings. The van der Waals surface area contributed by atoms with Crippen LogP contribution in [0, 0.1) is 0 Å². The topological polar surface area (TPSA) is 43.3 Å². The minimum atomic E-state index is -0.326. The van der Waals surface area contributed by atoms with Gasteiger partial charge < -0.3 is 10.2 Å². The van der Waals surface area contributed by atoms with Crippen LogP contribution in [0.1, 0.15) is 0 Å². The van der Waals surface area contributed by atoms with Gasteiger partial charge >= 0.3 is 58.2 Å². The molecule has 2 nitrogen and oxygen atoms in total. The minimum absolute atomic E-state index is 0. The van der Waals surface area contributed by atoms with Crippen molar-refractivity contribution in [2.45, 2.75) is 0 Å². The molecule has 1 rings (SSSR count). The Labute approximate surface area is 102 Å². The maximum atomic E-state index is 10.4. The molecule has 0 aliphatic heterocycles. The number of phenolic OH excluding ortho intramolecular Hbond substituents is 1. The van der Waals surface area contributed by atoms with Crippen LogP contribution >= 0.6 is 0 Å². The van der Waals surface area contributed by atoms with E-state index in [1.807, 2.05) is 0 Å². The van der Waals surface area contributed by atoms with Gasteiger partial charge in [-0.1, -0.05) is 23.9 Å². The van der Waals surface area contributed by atoms with Gasteiger partial charge in [-0.25, -0.2) is 0 Å². The van der Waals surface area contributed by atoms with E-state index < -0.39 is 0 Å². The molecule has 1 aromatic rings. The summed E-state index contributed by atoms with van der Waals surface area (Å²) >= 11 is 0. The summed E-state index contributed by atoms with van der Waals surface area (Å²) in [4.78, 5) is 0. The first kappa shape index (κ1) is 9.63. The zero-order valence-corrected chi connectivity index (χ0v) is 10.1. The van der Waals surface area contributed by atoms with E-state index in [1.54, 1.807) is 12.1 Å². The largest absolute Gasteiger partial charge is 1.00 e. The Hall–Kier alpha value is 0.625. The summed E-state index contributed by atoms with van der Waals surface area (Å²) in [5, 5.41) is 19.0. The van der Waals surface area contributed by atoms with Gasteiger partial charge in [0.1, 0.15) is 5.75 Å². The Morgan fingerprint density at radius 3 is 2.11 bits per heavy atom. The van der Waals surface area contributed by atoms with Crippen LogP contribution in [-0.4, -0.2) is 5.11 Å². The van der Waals surface area contributed by atoms with Crippen LogP contribution < -0.4 is 63.3 Å². The summed E-state index contributed by atoms with van der Waals surface area (Å²) in [5.74, 6) is -0.514. The van der Waals surface area contributed by atoms with Gasteiger partial charge in [0, 0.05) is 0 Å². The Morgan fingerprint density at radius 1 is 1.22 bits per heavy atom. The maximum absolute atomic E-state index is 10.4. The summed E-state index contributed by atoms with van der Waals surface area (Å²) < 4.78 is 0. The van der Waals surface area contributed by atoms with Crippen LogP contribution in [-0.2, 0) is 0 Å². The van der Waals surface area contributed by atoms with Crippen molar-refractivity contribution in [3.8, 4) is 11.5 Å². The summed E-state index contributed by atoms with van der Waals surface area (Å²) in [6.07, 6.45) is 0. The van der Waals surface area contributed by atoms with Crippen molar-refractivity contribution in [3.05, 3.63) is 24.3 Å². The molecule has 0 radical (unpaired) electrons. The van der Waals surface area contributed by atoms with E-state index in [4.69, 9.17) is 5.11 Å². The van der Waals surface area contributed by atoms with Crippen molar-refractivity contribution in [3.63, 3.8) is 0 Å². The van der Waals surface area contributed by atoms with Crippen molar-refractivity contribution in [1.82, 2.24) is 0 Å². The third-order valence-corrected chi connectivity index (χ3v) is 0.865. The molecule has 0 aliphatic rings. The number of benzene rings is 1. The first-order valence-electron chi connectivity index (χ1n) is 2.26. The van der Waals surface area contributed by atoms with Crippen LogP contribution in [0.5, 0.6) is 11.5 Å². The van der Waals surface area contributed by atoms with Crippen molar-refractivity contribution in [1.29, 1.82) is 0 Å². The number of para-hydroxylation sites is 2. The predicted molar refractivity (Wildman–Crippen MR) is 27.6 cm³/mol. The first-order valence-corrected chi connectivity index (χ1v) is 2.26. The smallest absolute Gasteiger partial charge is 0.870 e. The zero-order chi connectivity index (χ0) is 5.98. The second-order valence-electron chi connectivity index (χ2n) is 1.47. The Balaban J connectivity index is 0.000000640. The van der Waals surface area contributed by atoms with Gasteiger partial charge in [0.05, 0.1) is 0 Å². The molecule has 42 valence electrons. The predicted octanol–water partition coefficient (Wildman–Crippen LogP) is -2.53. The van der Waals surface area contributed by atoms with Crippen molar-refractivity contribution in [2.75, 3.05) is 0 Å². The molecule has 9 heavy (non-hydrogen) atoms. The van der Waals surface area contributed by atoms with E-state index in [9.17, 15) is 5.11 Å². The van der Waals surface area contributed by atoms with E-state index >= 15 is 0 Å². The quantitative estimate of drug-likeness (QED) is 0.495. The van der Waals surface area contributed by atoms with Gasteiger partial charge in [-0.2, -0.15) is 0 Å². The van der Waals surface area contributed by atoms with Crippen LogP contribution in [0.2, 0.25) is 0 Å². The average molecular weight is 195 g/mol. The van der Waals surface area contributed by atoms with Gasteiger partial charge in [0.15, 0.2) is 0 Å². The van der Waals surface area contributed by atoms with Gasteiger partial charge in [-0.15, -0.1) is 0 Å². The number of hydrogen-bond donors (Lipinski definition) is 1. The third-order valence-electron chi connectivity index (χ3n) is 0.865. The van der Waals surface area contributed by atoms with Crippen LogP contribution in [0.15, 0.2) is 24.3 Å². The second kappa shape index (κ2) is 4.44. The van der Waals surface area contributed by atoms with Gasteiger partial charge in [0.25, 0.3) is 0 Å². The first-order chi connectivity index (χ1) is 3.80. The summed E-state index contributed by atoms with van der Waals surface area (Å²) in [6.45, 7) is 0. The number of hydrogen-bond acceptors (Lipinski definition) is 2. The SMILES string of the molecule is [O-]c1ccccc1O.[Rb+]. The molecule has 0 amide bonds. The summed E-state index contributed by atoms with van der Waals surface area (Å²) in [5.41, 5.74) is 0. The van der Waals surface area contributed by atoms with Crippen LogP contribution in [0.4, 0.5) is 0 Å². The van der Waals surface area contributed by atoms with Crippen molar-refractivity contribution in [2.24, 2.45) is 0 Å². The third kappa shape index (κ3) is 2.80. The molecule has 0 spiro atoms. The van der Waals surface area contributed by atoms with Crippen LogP contribution in [0.3, 0.4) is 0 Å². The van der Waals surface area contributed by atoms with Crippen molar-refractivity contribution < 1.29 is 68.4 Å². The van der Waals surface area contributed by atoms with Gasteiger partial charge in [0.2, 0.25) is 0 Å². The van der Waals surface area contributed by atoms with Crippen LogP contribution in [0.25, 0.3) is 0 Å². The molecule has 0 aliphatic carbocycles. The van der Waals surface area contributed by atoms with E-state index in [-0.39, 0.29) is 69.7 Å². The second-order valence-corrected chi connectivity index (χ2v) is 1.47. The zero-order valence-electron chi connectivity index (χ0n) is 5.16. The number of rotatable bonds is 0. The number of aromatic hydroxyl groups is 1. The Bertz CT molecular complexity index is 167. The maximum Gasteiger partial charge on any atom is 1.00 e. The van der Waals surface area contributed by atoms with E-state index in [0.29, 0.717) is 0 Å². The molecule has 0 heterocycles. The summed E-state index contributed by atoms with van der Waals surface area (Å²) in [7, 11) is 0. The molecule has 0 saturated carbocycles. The van der Waals surface area contributed by atoms with E-state index in [2.05, 4.69) is 0 Å². The Kier molecular flexibility index (Phi) is 4.75.